The predicted octanol–water partition coefficient (Wildman–Crippen LogP) is 6.92. The monoisotopic (exact) mass is 453 g/mol. The van der Waals surface area contributed by atoms with E-state index in [1.54, 1.807) is 11.9 Å². The summed E-state index contributed by atoms with van der Waals surface area (Å²) in [5.74, 6) is 0. The van der Waals surface area contributed by atoms with Crippen molar-refractivity contribution in [3.8, 4) is 0 Å². The van der Waals surface area contributed by atoms with Crippen LogP contribution in [0.2, 0.25) is 5.02 Å². The summed E-state index contributed by atoms with van der Waals surface area (Å²) in [5, 5.41) is 3.39. The average Bonchev–Trinajstić information content (AvgIpc) is 3.03. The Labute approximate surface area is 195 Å². The van der Waals surface area contributed by atoms with Gasteiger partial charge in [0.05, 0.1) is 0 Å². The van der Waals surface area contributed by atoms with Crippen LogP contribution in [0.25, 0.3) is 10.8 Å². The second-order valence-electron chi connectivity index (χ2n) is 8.34. The highest BCUT2D eigenvalue weighted by atomic mass is 35.5. The summed E-state index contributed by atoms with van der Waals surface area (Å²) in [6.07, 6.45) is 3.80. The summed E-state index contributed by atoms with van der Waals surface area (Å²) < 4.78 is 3.50. The van der Waals surface area contributed by atoms with Gasteiger partial charge < -0.3 is 9.62 Å². The molecular weight excluding hydrogens is 422 g/mol. The lowest BCUT2D eigenvalue weighted by Gasteiger charge is -2.22. The van der Waals surface area contributed by atoms with Crippen LogP contribution >= 0.6 is 23.5 Å². The molecule has 0 saturated carbocycles. The minimum absolute atomic E-state index is 0.855. The van der Waals surface area contributed by atoms with E-state index in [1.807, 2.05) is 6.07 Å². The number of benzene rings is 3. The Hall–Kier alpha value is -1.72. The number of anilines is 1. The minimum Gasteiger partial charge on any atom is -0.326 e. The van der Waals surface area contributed by atoms with Crippen LogP contribution in [-0.4, -0.2) is 42.5 Å². The third-order valence-corrected chi connectivity index (χ3v) is 7.15. The Bertz CT molecular complexity index is 993. The highest BCUT2D eigenvalue weighted by Crippen LogP contribution is 2.28. The molecule has 1 aliphatic rings. The molecule has 0 atom stereocenters. The van der Waals surface area contributed by atoms with Crippen LogP contribution in [0.4, 0.5) is 5.69 Å². The molecule has 4 rings (SSSR count). The summed E-state index contributed by atoms with van der Waals surface area (Å²) in [4.78, 5) is 6.37. The lowest BCUT2D eigenvalue weighted by Crippen LogP contribution is -2.31. The first-order valence-corrected chi connectivity index (χ1v) is 12.6. The normalized spacial score (nSPS) is 15.8. The number of fused-ring (bicyclic) bond motifs is 1. The van der Waals surface area contributed by atoms with Crippen molar-refractivity contribution in [1.82, 2.24) is 9.80 Å². The summed E-state index contributed by atoms with van der Waals surface area (Å²) in [6, 6.07) is 21.3. The molecule has 0 bridgehead atoms. The van der Waals surface area contributed by atoms with Gasteiger partial charge in [0.15, 0.2) is 0 Å². The molecule has 1 saturated heterocycles. The van der Waals surface area contributed by atoms with Crippen molar-refractivity contribution in [2.24, 2.45) is 0 Å². The summed E-state index contributed by atoms with van der Waals surface area (Å²) in [7, 11) is 0. The van der Waals surface area contributed by atoms with Gasteiger partial charge in [-0.15, -0.1) is 0 Å². The molecule has 1 N–H and O–H groups in total. The van der Waals surface area contributed by atoms with Crippen molar-refractivity contribution < 1.29 is 0 Å². The van der Waals surface area contributed by atoms with E-state index < -0.39 is 0 Å². The molecule has 0 unspecified atom stereocenters. The van der Waals surface area contributed by atoms with Crippen molar-refractivity contribution in [3.05, 3.63) is 71.2 Å². The van der Waals surface area contributed by atoms with Crippen molar-refractivity contribution >= 4 is 40.0 Å². The van der Waals surface area contributed by atoms with Crippen LogP contribution in [-0.2, 0) is 6.54 Å². The molecule has 1 fully saturated rings. The fraction of sp³-hybridized carbons (Fsp3) is 0.385. The number of hydrogen-bond acceptors (Lipinski definition) is 4. The van der Waals surface area contributed by atoms with Crippen LogP contribution in [0.3, 0.4) is 0 Å². The number of halogens is 1. The smallest absolute Gasteiger partial charge is 0.0452 e. The van der Waals surface area contributed by atoms with E-state index in [2.05, 4.69) is 76.0 Å². The van der Waals surface area contributed by atoms with E-state index in [4.69, 9.17) is 11.6 Å². The molecule has 0 radical (unpaired) electrons. The number of rotatable bonds is 8. The summed E-state index contributed by atoms with van der Waals surface area (Å²) in [6.45, 7) is 9.05. The van der Waals surface area contributed by atoms with Gasteiger partial charge in [0.1, 0.15) is 0 Å². The summed E-state index contributed by atoms with van der Waals surface area (Å²) in [5.41, 5.74) is 2.30. The Morgan fingerprint density at radius 1 is 0.903 bits per heavy atom. The van der Waals surface area contributed by atoms with Crippen LogP contribution in [0.15, 0.2) is 65.6 Å². The molecule has 1 heterocycles. The fourth-order valence-electron chi connectivity index (χ4n) is 4.14. The van der Waals surface area contributed by atoms with E-state index in [-0.39, 0.29) is 0 Å². The van der Waals surface area contributed by atoms with E-state index >= 15 is 0 Å². The van der Waals surface area contributed by atoms with E-state index in [9.17, 15) is 0 Å². The average molecular weight is 454 g/mol. The lowest BCUT2D eigenvalue weighted by atomic mass is 10.1. The van der Waals surface area contributed by atoms with Gasteiger partial charge in [0.25, 0.3) is 0 Å². The molecule has 3 aromatic carbocycles. The van der Waals surface area contributed by atoms with Gasteiger partial charge >= 0.3 is 0 Å². The van der Waals surface area contributed by atoms with Crippen LogP contribution < -0.4 is 4.72 Å². The van der Waals surface area contributed by atoms with Crippen molar-refractivity contribution in [2.75, 3.05) is 37.4 Å². The molecule has 3 aromatic rings. The van der Waals surface area contributed by atoms with Crippen molar-refractivity contribution in [1.29, 1.82) is 0 Å². The first-order valence-electron chi connectivity index (χ1n) is 11.4. The Morgan fingerprint density at radius 2 is 1.71 bits per heavy atom. The fourth-order valence-corrected chi connectivity index (χ4v) is 5.00. The van der Waals surface area contributed by atoms with Crippen LogP contribution in [0.5, 0.6) is 0 Å². The van der Waals surface area contributed by atoms with Gasteiger partial charge in [-0.05, 0) is 91.1 Å². The van der Waals surface area contributed by atoms with Gasteiger partial charge in [0, 0.05) is 35.2 Å². The molecule has 5 heteroatoms. The standard InChI is InChI=1S/C26H32ClN3S/c1-2-3-13-29-14-6-15-30(17-16-29)20-23-18-24(10-12-26(23)27)28-31-25-11-9-21-7-4-5-8-22(21)19-25/h4-5,7-12,18-19,28H,2-3,6,13-17,20H2,1H3. The zero-order valence-corrected chi connectivity index (χ0v) is 19.9. The largest absolute Gasteiger partial charge is 0.326 e. The second kappa shape index (κ2) is 11.2. The Morgan fingerprint density at radius 3 is 2.58 bits per heavy atom. The Balaban J connectivity index is 1.36. The zero-order valence-electron chi connectivity index (χ0n) is 18.3. The maximum atomic E-state index is 6.56. The number of nitrogens with one attached hydrogen (secondary N) is 1. The molecular formula is C26H32ClN3S. The van der Waals surface area contributed by atoms with E-state index in [1.165, 1.54) is 53.6 Å². The second-order valence-corrected chi connectivity index (χ2v) is 9.63. The predicted molar refractivity (Wildman–Crippen MR) is 136 cm³/mol. The topological polar surface area (TPSA) is 18.5 Å². The van der Waals surface area contributed by atoms with Crippen molar-refractivity contribution in [3.63, 3.8) is 0 Å². The van der Waals surface area contributed by atoms with Gasteiger partial charge in [0.2, 0.25) is 0 Å². The van der Waals surface area contributed by atoms with Gasteiger partial charge in [-0.2, -0.15) is 0 Å². The highest BCUT2D eigenvalue weighted by Gasteiger charge is 2.16. The Kier molecular flexibility index (Phi) is 8.15. The highest BCUT2D eigenvalue weighted by molar-refractivity contribution is 8.00. The van der Waals surface area contributed by atoms with Gasteiger partial charge in [-0.25, -0.2) is 0 Å². The third-order valence-electron chi connectivity index (χ3n) is 5.96. The third kappa shape index (κ3) is 6.39. The molecule has 3 nitrogen and oxygen atoms in total. The minimum atomic E-state index is 0.855. The number of nitrogens with zero attached hydrogens (tertiary/aromatic N) is 2. The lowest BCUT2D eigenvalue weighted by molar-refractivity contribution is 0.249. The zero-order chi connectivity index (χ0) is 21.5. The van der Waals surface area contributed by atoms with Crippen LogP contribution in [0, 0.1) is 0 Å². The molecule has 0 spiro atoms. The maximum absolute atomic E-state index is 6.56. The maximum Gasteiger partial charge on any atom is 0.0452 e. The molecule has 31 heavy (non-hydrogen) atoms. The quantitative estimate of drug-likeness (QED) is 0.373. The molecule has 1 aliphatic heterocycles. The molecule has 0 aromatic heterocycles. The molecule has 0 aliphatic carbocycles. The molecule has 164 valence electrons. The van der Waals surface area contributed by atoms with E-state index in [0.29, 0.717) is 0 Å². The SMILES string of the molecule is CCCCN1CCCN(Cc2cc(NSc3ccc4ccccc4c3)ccc2Cl)CC1. The van der Waals surface area contributed by atoms with Gasteiger partial charge in [-0.1, -0.05) is 55.3 Å². The first kappa shape index (κ1) is 22.5. The number of unbranched alkanes of at least 4 members (excludes halogenated alkanes) is 1. The first-order chi connectivity index (χ1) is 15.2. The number of hydrogen-bond donors (Lipinski definition) is 1. The molecule has 0 amide bonds. The summed E-state index contributed by atoms with van der Waals surface area (Å²) >= 11 is 8.21. The van der Waals surface area contributed by atoms with E-state index in [0.717, 1.165) is 36.9 Å². The van der Waals surface area contributed by atoms with Gasteiger partial charge in [-0.3, -0.25) is 4.90 Å². The van der Waals surface area contributed by atoms with Crippen LogP contribution in [0.1, 0.15) is 31.7 Å². The van der Waals surface area contributed by atoms with Crippen molar-refractivity contribution in [2.45, 2.75) is 37.6 Å².